The van der Waals surface area contributed by atoms with Crippen molar-refractivity contribution in [1.29, 1.82) is 0 Å². The summed E-state index contributed by atoms with van der Waals surface area (Å²) in [6.45, 7) is 5.52. The number of rotatable bonds is 6. The van der Waals surface area contributed by atoms with Crippen LogP contribution in [0.2, 0.25) is 0 Å². The summed E-state index contributed by atoms with van der Waals surface area (Å²) in [5.74, 6) is 1.72. The Bertz CT molecular complexity index is 116. The van der Waals surface area contributed by atoms with Crippen LogP contribution in [0.4, 0.5) is 0 Å². The van der Waals surface area contributed by atoms with E-state index in [1.54, 1.807) is 7.11 Å². The van der Waals surface area contributed by atoms with Gasteiger partial charge in [0.2, 0.25) is 0 Å². The lowest BCUT2D eigenvalue weighted by molar-refractivity contribution is 0.0597. The van der Waals surface area contributed by atoms with Crippen molar-refractivity contribution < 1.29 is 4.74 Å². The molecule has 1 aliphatic carbocycles. The van der Waals surface area contributed by atoms with Gasteiger partial charge in [-0.15, -0.1) is 0 Å². The maximum atomic E-state index is 5.15. The highest BCUT2D eigenvalue weighted by molar-refractivity contribution is 4.81. The van der Waals surface area contributed by atoms with Gasteiger partial charge in [0, 0.05) is 13.7 Å². The van der Waals surface area contributed by atoms with Gasteiger partial charge in [-0.1, -0.05) is 6.92 Å². The summed E-state index contributed by atoms with van der Waals surface area (Å²) in [5, 5.41) is 3.47. The van der Waals surface area contributed by atoms with Crippen molar-refractivity contribution in [3.05, 3.63) is 0 Å². The maximum Gasteiger partial charge on any atom is 0.0493 e. The van der Waals surface area contributed by atoms with Crippen molar-refractivity contribution in [2.45, 2.75) is 26.2 Å². The predicted octanol–water partition coefficient (Wildman–Crippen LogP) is 1.66. The fourth-order valence-electron chi connectivity index (χ4n) is 1.80. The molecule has 0 spiro atoms. The van der Waals surface area contributed by atoms with E-state index in [9.17, 15) is 0 Å². The minimum absolute atomic E-state index is 0.833. The Balaban J connectivity index is 2.00. The van der Waals surface area contributed by atoms with Crippen LogP contribution in [0.25, 0.3) is 0 Å². The largest absolute Gasteiger partial charge is 0.384 e. The van der Waals surface area contributed by atoms with Crippen molar-refractivity contribution in [3.63, 3.8) is 0 Å². The molecule has 0 aromatic heterocycles. The van der Waals surface area contributed by atoms with Crippen molar-refractivity contribution in [1.82, 2.24) is 5.32 Å². The van der Waals surface area contributed by atoms with Gasteiger partial charge in [-0.2, -0.15) is 0 Å². The summed E-state index contributed by atoms with van der Waals surface area (Å²) in [4.78, 5) is 0. The van der Waals surface area contributed by atoms with Crippen LogP contribution < -0.4 is 5.32 Å². The van der Waals surface area contributed by atoms with Crippen LogP contribution in [0, 0.1) is 11.8 Å². The molecule has 1 N–H and O–H groups in total. The molecule has 72 valence electrons. The van der Waals surface area contributed by atoms with Crippen molar-refractivity contribution in [3.8, 4) is 0 Å². The van der Waals surface area contributed by atoms with Crippen LogP contribution in [0.15, 0.2) is 0 Å². The molecule has 2 unspecified atom stereocenters. The van der Waals surface area contributed by atoms with E-state index in [1.165, 1.54) is 25.8 Å². The normalized spacial score (nSPS) is 28.5. The van der Waals surface area contributed by atoms with Crippen molar-refractivity contribution in [2.75, 3.05) is 26.8 Å². The fourth-order valence-corrected chi connectivity index (χ4v) is 1.80. The molecule has 0 aromatic carbocycles. The molecule has 2 heteroatoms. The summed E-state index contributed by atoms with van der Waals surface area (Å²) < 4.78 is 5.15. The third-order valence-corrected chi connectivity index (χ3v) is 2.79. The number of nitrogens with one attached hydrogen (secondary N) is 1. The first-order valence-corrected chi connectivity index (χ1v) is 5.08. The lowest BCUT2D eigenvalue weighted by atomic mass is 9.74. The average molecular weight is 171 g/mol. The fraction of sp³-hybridized carbons (Fsp3) is 1.00. The highest BCUT2D eigenvalue weighted by atomic mass is 16.5. The Labute approximate surface area is 75.7 Å². The molecular weight excluding hydrogens is 150 g/mol. The smallest absolute Gasteiger partial charge is 0.0493 e. The van der Waals surface area contributed by atoms with Crippen molar-refractivity contribution in [2.24, 2.45) is 11.8 Å². The van der Waals surface area contributed by atoms with Gasteiger partial charge >= 0.3 is 0 Å². The summed E-state index contributed by atoms with van der Waals surface area (Å²) in [5.41, 5.74) is 0. The van der Waals surface area contributed by atoms with E-state index in [-0.39, 0.29) is 0 Å². The summed E-state index contributed by atoms with van der Waals surface area (Å²) in [6, 6.07) is 0. The second-order valence-corrected chi connectivity index (χ2v) is 3.76. The third kappa shape index (κ3) is 2.76. The predicted molar refractivity (Wildman–Crippen MR) is 51.3 cm³/mol. The molecule has 2 atom stereocenters. The Morgan fingerprint density at radius 3 is 2.58 bits per heavy atom. The first kappa shape index (κ1) is 10.0. The Morgan fingerprint density at radius 2 is 2.08 bits per heavy atom. The molecular formula is C10H21NO. The molecule has 1 fully saturated rings. The minimum atomic E-state index is 0.833. The molecule has 0 aromatic rings. The van der Waals surface area contributed by atoms with Crippen LogP contribution in [0.3, 0.4) is 0 Å². The van der Waals surface area contributed by atoms with E-state index in [0.29, 0.717) is 0 Å². The summed E-state index contributed by atoms with van der Waals surface area (Å²) in [6.07, 6.45) is 4.00. The van der Waals surface area contributed by atoms with Crippen LogP contribution in [-0.4, -0.2) is 26.8 Å². The minimum Gasteiger partial charge on any atom is -0.384 e. The first-order valence-electron chi connectivity index (χ1n) is 5.08. The van der Waals surface area contributed by atoms with Gasteiger partial charge in [-0.3, -0.25) is 0 Å². The summed E-state index contributed by atoms with van der Waals surface area (Å²) >= 11 is 0. The highest BCUT2D eigenvalue weighted by Gasteiger charge is 2.29. The van der Waals surface area contributed by atoms with E-state index >= 15 is 0 Å². The van der Waals surface area contributed by atoms with Crippen LogP contribution in [0.5, 0.6) is 0 Å². The Kier molecular flexibility index (Phi) is 4.62. The number of hydrogen-bond donors (Lipinski definition) is 1. The van der Waals surface area contributed by atoms with Gasteiger partial charge in [0.15, 0.2) is 0 Å². The number of methoxy groups -OCH3 is 1. The molecule has 0 radical (unpaired) electrons. The zero-order valence-electron chi connectivity index (χ0n) is 8.31. The number of hydrogen-bond acceptors (Lipinski definition) is 2. The van der Waals surface area contributed by atoms with E-state index in [0.717, 1.165) is 25.0 Å². The quantitative estimate of drug-likeness (QED) is 0.614. The SMILES string of the molecule is CCCNCC1CCC1COC. The molecule has 0 aliphatic heterocycles. The zero-order chi connectivity index (χ0) is 8.81. The lowest BCUT2D eigenvalue weighted by Crippen LogP contribution is -2.37. The van der Waals surface area contributed by atoms with E-state index < -0.39 is 0 Å². The second-order valence-electron chi connectivity index (χ2n) is 3.76. The monoisotopic (exact) mass is 171 g/mol. The second kappa shape index (κ2) is 5.55. The summed E-state index contributed by atoms with van der Waals surface area (Å²) in [7, 11) is 1.80. The molecule has 1 saturated carbocycles. The van der Waals surface area contributed by atoms with E-state index in [1.807, 2.05) is 0 Å². The van der Waals surface area contributed by atoms with Gasteiger partial charge in [-0.05, 0) is 44.2 Å². The van der Waals surface area contributed by atoms with E-state index in [2.05, 4.69) is 12.2 Å². The average Bonchev–Trinajstić information content (AvgIpc) is 2.06. The molecule has 0 saturated heterocycles. The Morgan fingerprint density at radius 1 is 1.33 bits per heavy atom. The van der Waals surface area contributed by atoms with Crippen molar-refractivity contribution >= 4 is 0 Å². The van der Waals surface area contributed by atoms with Gasteiger partial charge in [0.1, 0.15) is 0 Å². The lowest BCUT2D eigenvalue weighted by Gasteiger charge is -2.36. The van der Waals surface area contributed by atoms with E-state index in [4.69, 9.17) is 4.74 Å². The van der Waals surface area contributed by atoms with Crippen LogP contribution >= 0.6 is 0 Å². The van der Waals surface area contributed by atoms with Crippen LogP contribution in [-0.2, 0) is 4.74 Å². The molecule has 12 heavy (non-hydrogen) atoms. The van der Waals surface area contributed by atoms with Gasteiger partial charge < -0.3 is 10.1 Å². The topological polar surface area (TPSA) is 21.3 Å². The van der Waals surface area contributed by atoms with Gasteiger partial charge in [-0.25, -0.2) is 0 Å². The zero-order valence-corrected chi connectivity index (χ0v) is 8.31. The molecule has 0 heterocycles. The molecule has 2 nitrogen and oxygen atoms in total. The molecule has 0 amide bonds. The van der Waals surface area contributed by atoms with Gasteiger partial charge in [0.05, 0.1) is 0 Å². The van der Waals surface area contributed by atoms with Gasteiger partial charge in [0.25, 0.3) is 0 Å². The number of ether oxygens (including phenoxy) is 1. The maximum absolute atomic E-state index is 5.15. The molecule has 1 rings (SSSR count). The third-order valence-electron chi connectivity index (χ3n) is 2.79. The van der Waals surface area contributed by atoms with Crippen LogP contribution in [0.1, 0.15) is 26.2 Å². The first-order chi connectivity index (χ1) is 5.88. The molecule has 1 aliphatic rings. The molecule has 0 bridgehead atoms. The standard InChI is InChI=1S/C10H21NO/c1-3-6-11-7-9-4-5-10(9)8-12-2/h9-11H,3-8H2,1-2H3. The Hall–Kier alpha value is -0.0800. The highest BCUT2D eigenvalue weighted by Crippen LogP contribution is 2.33.